The lowest BCUT2D eigenvalue weighted by atomic mass is 9.88. The molecule has 3 nitrogen and oxygen atoms in total. The van der Waals surface area contributed by atoms with Crippen molar-refractivity contribution in [1.82, 2.24) is 15.0 Å². The first-order chi connectivity index (χ1) is 28.2. The van der Waals surface area contributed by atoms with E-state index in [4.69, 9.17) is 15.0 Å². The second-order valence-corrected chi connectivity index (χ2v) is 14.7. The number of rotatable bonds is 7. The van der Waals surface area contributed by atoms with Gasteiger partial charge in [0, 0.05) is 33.8 Å². The van der Waals surface area contributed by atoms with Crippen molar-refractivity contribution >= 4 is 45.5 Å². The number of para-hydroxylation sites is 1. The number of aromatic nitrogens is 3. The molecule has 0 bridgehead atoms. The maximum absolute atomic E-state index is 5.30. The molecule has 0 radical (unpaired) electrons. The van der Waals surface area contributed by atoms with Crippen LogP contribution < -0.4 is 0 Å². The molecule has 2 aliphatic carbocycles. The maximum atomic E-state index is 5.30. The molecule has 8 aromatic rings. The van der Waals surface area contributed by atoms with Gasteiger partial charge in [-0.15, -0.1) is 0 Å². The molecule has 0 unspecified atom stereocenters. The van der Waals surface area contributed by atoms with Crippen LogP contribution in [0.5, 0.6) is 0 Å². The molecule has 2 heterocycles. The molecular weight excluding hydrogens is 691 g/mol. The van der Waals surface area contributed by atoms with Crippen LogP contribution in [0.1, 0.15) is 40.7 Å². The number of fused-ring (bicyclic) bond motifs is 4. The van der Waals surface area contributed by atoms with Gasteiger partial charge in [0.2, 0.25) is 0 Å². The lowest BCUT2D eigenvalue weighted by molar-refractivity contribution is 0.997. The van der Waals surface area contributed by atoms with Gasteiger partial charge < -0.3 is 0 Å². The summed E-state index contributed by atoms with van der Waals surface area (Å²) in [5, 5.41) is 3.64. The van der Waals surface area contributed by atoms with Crippen molar-refractivity contribution in [2.45, 2.75) is 19.3 Å². The molecule has 270 valence electrons. The van der Waals surface area contributed by atoms with Gasteiger partial charge in [-0.25, -0.2) is 9.97 Å². The van der Waals surface area contributed by atoms with Gasteiger partial charge in [-0.2, -0.15) is 0 Å². The van der Waals surface area contributed by atoms with Crippen molar-refractivity contribution in [1.29, 1.82) is 0 Å². The average Bonchev–Trinajstić information content (AvgIpc) is 3.58. The van der Waals surface area contributed by atoms with Gasteiger partial charge in [0.05, 0.1) is 16.9 Å². The zero-order chi connectivity index (χ0) is 38.0. The van der Waals surface area contributed by atoms with Crippen molar-refractivity contribution in [3.63, 3.8) is 0 Å². The number of aryl methyl sites for hydroxylation is 1. The minimum absolute atomic E-state index is 0.695. The van der Waals surface area contributed by atoms with Crippen molar-refractivity contribution < 1.29 is 0 Å². The summed E-state index contributed by atoms with van der Waals surface area (Å²) in [6.07, 6.45) is 24.9. The highest BCUT2D eigenvalue weighted by Crippen LogP contribution is 2.38. The maximum Gasteiger partial charge on any atom is 0.160 e. The van der Waals surface area contributed by atoms with E-state index in [0.717, 1.165) is 74.9 Å². The summed E-state index contributed by atoms with van der Waals surface area (Å²) in [6.45, 7) is 0. The van der Waals surface area contributed by atoms with E-state index in [2.05, 4.69) is 182 Å². The monoisotopic (exact) mass is 729 g/mol. The molecule has 2 aliphatic rings. The Morgan fingerprint density at radius 1 is 0.544 bits per heavy atom. The molecule has 0 spiro atoms. The zero-order valence-electron chi connectivity index (χ0n) is 31.5. The molecule has 0 saturated carbocycles. The summed E-state index contributed by atoms with van der Waals surface area (Å²) >= 11 is 0. The Balaban J connectivity index is 1.04. The predicted molar refractivity (Wildman–Crippen MR) is 240 cm³/mol. The van der Waals surface area contributed by atoms with Gasteiger partial charge in [-0.1, -0.05) is 170 Å². The Hall–Kier alpha value is -7.23. The standard InChI is InChI=1S/C54H39N3/c1-2-4-14-39(13-3-1)46-18-8-5-15-40(46)26-23-37-24-27-41(28-25-37)52-35-53(50-34-43-16-6-9-19-47(43)48-20-10-11-21-49(48)50)57-54(56-52)42-31-29-38(30-32-42)45-33-44-17-7-12-22-51(44)55-36-45/h1,3-8,10-18,20-36H,2,9,19H2/b26-23+. The Kier molecular flexibility index (Phi) is 9.10. The molecule has 0 saturated heterocycles. The van der Waals surface area contributed by atoms with Crippen molar-refractivity contribution in [2.75, 3.05) is 0 Å². The first kappa shape index (κ1) is 34.3. The largest absolute Gasteiger partial charge is 0.256 e. The Bertz CT molecular complexity index is 2960. The first-order valence-electron chi connectivity index (χ1n) is 19.7. The van der Waals surface area contributed by atoms with Crippen LogP contribution in [-0.4, -0.2) is 15.0 Å². The summed E-state index contributed by atoms with van der Waals surface area (Å²) < 4.78 is 0. The molecule has 0 fully saturated rings. The summed E-state index contributed by atoms with van der Waals surface area (Å²) in [6, 6.07) is 49.5. The lowest BCUT2D eigenvalue weighted by Gasteiger charge is -2.18. The van der Waals surface area contributed by atoms with E-state index >= 15 is 0 Å². The fraction of sp³-hybridized carbons (Fsp3) is 0.0556. The lowest BCUT2D eigenvalue weighted by Crippen LogP contribution is -2.00. The van der Waals surface area contributed by atoms with Crippen molar-refractivity contribution in [2.24, 2.45) is 0 Å². The number of hydrogen-bond donors (Lipinski definition) is 0. The fourth-order valence-corrected chi connectivity index (χ4v) is 8.05. The van der Waals surface area contributed by atoms with Crippen LogP contribution in [0.4, 0.5) is 0 Å². The van der Waals surface area contributed by atoms with Crippen LogP contribution in [-0.2, 0) is 6.42 Å². The zero-order valence-corrected chi connectivity index (χ0v) is 31.5. The second kappa shape index (κ2) is 15.1. The fourth-order valence-electron chi connectivity index (χ4n) is 8.05. The number of benzene rings is 6. The third-order valence-corrected chi connectivity index (χ3v) is 11.0. The Morgan fingerprint density at radius 3 is 2.23 bits per heavy atom. The molecule has 0 amide bonds. The van der Waals surface area contributed by atoms with Crippen LogP contribution in [0.15, 0.2) is 182 Å². The van der Waals surface area contributed by atoms with Gasteiger partial charge in [0.25, 0.3) is 0 Å². The Labute approximate surface area is 333 Å². The average molecular weight is 730 g/mol. The van der Waals surface area contributed by atoms with E-state index in [1.807, 2.05) is 18.3 Å². The van der Waals surface area contributed by atoms with E-state index in [1.165, 1.54) is 38.6 Å². The van der Waals surface area contributed by atoms with Gasteiger partial charge in [-0.05, 0) is 93.3 Å². The van der Waals surface area contributed by atoms with Crippen LogP contribution in [0.2, 0.25) is 0 Å². The normalized spacial score (nSPS) is 13.6. The summed E-state index contributed by atoms with van der Waals surface area (Å²) in [5.74, 6) is 0.695. The van der Waals surface area contributed by atoms with Gasteiger partial charge in [-0.3, -0.25) is 4.98 Å². The van der Waals surface area contributed by atoms with Gasteiger partial charge in [0.1, 0.15) is 0 Å². The van der Waals surface area contributed by atoms with Gasteiger partial charge in [0.15, 0.2) is 5.82 Å². The molecule has 0 atom stereocenters. The SMILES string of the molecule is C1=CCC=CC(c2ccccc2/C=C/c2ccc(-c3cc(-c4cc5c(c6ccccc46)CCC=C5)nc(-c4ccc(-c5cnc6ccccc6c5)cc4)n3)cc2)=C1. The van der Waals surface area contributed by atoms with Crippen LogP contribution in [0, 0.1) is 0 Å². The Morgan fingerprint density at radius 2 is 1.32 bits per heavy atom. The minimum Gasteiger partial charge on any atom is -0.256 e. The first-order valence-corrected chi connectivity index (χ1v) is 19.7. The second-order valence-electron chi connectivity index (χ2n) is 14.7. The highest BCUT2D eigenvalue weighted by Gasteiger charge is 2.17. The number of nitrogens with zero attached hydrogens (tertiary/aromatic N) is 3. The van der Waals surface area contributed by atoms with E-state index in [0.29, 0.717) is 5.82 Å². The molecule has 3 heteroatoms. The highest BCUT2D eigenvalue weighted by atomic mass is 14.9. The molecule has 0 aliphatic heterocycles. The molecule has 6 aromatic carbocycles. The van der Waals surface area contributed by atoms with Crippen LogP contribution >= 0.6 is 0 Å². The summed E-state index contributed by atoms with van der Waals surface area (Å²) in [5.41, 5.74) is 15.5. The minimum atomic E-state index is 0.695. The molecule has 10 rings (SSSR count). The molecule has 0 N–H and O–H groups in total. The predicted octanol–water partition coefficient (Wildman–Crippen LogP) is 13.9. The number of allylic oxidation sites excluding steroid dienone is 7. The summed E-state index contributed by atoms with van der Waals surface area (Å²) in [7, 11) is 0. The quantitative estimate of drug-likeness (QED) is 0.153. The van der Waals surface area contributed by atoms with E-state index < -0.39 is 0 Å². The van der Waals surface area contributed by atoms with Crippen molar-refractivity contribution in [3.8, 4) is 45.0 Å². The number of hydrogen-bond acceptors (Lipinski definition) is 3. The van der Waals surface area contributed by atoms with Crippen molar-refractivity contribution in [3.05, 3.63) is 210 Å². The molecular formula is C54H39N3. The smallest absolute Gasteiger partial charge is 0.160 e. The molecule has 2 aromatic heterocycles. The van der Waals surface area contributed by atoms with Crippen LogP contribution in [0.25, 0.3) is 90.5 Å². The summed E-state index contributed by atoms with van der Waals surface area (Å²) in [4.78, 5) is 15.2. The van der Waals surface area contributed by atoms with E-state index in [-0.39, 0.29) is 0 Å². The topological polar surface area (TPSA) is 38.7 Å². The molecule has 57 heavy (non-hydrogen) atoms. The van der Waals surface area contributed by atoms with E-state index in [9.17, 15) is 0 Å². The third kappa shape index (κ3) is 6.96. The van der Waals surface area contributed by atoms with Crippen LogP contribution in [0.3, 0.4) is 0 Å². The number of pyridine rings is 1. The highest BCUT2D eigenvalue weighted by molar-refractivity contribution is 6.01. The van der Waals surface area contributed by atoms with E-state index in [1.54, 1.807) is 0 Å². The van der Waals surface area contributed by atoms with Gasteiger partial charge >= 0.3 is 0 Å². The third-order valence-electron chi connectivity index (χ3n) is 11.0.